The zero-order valence-electron chi connectivity index (χ0n) is 12.1. The minimum Gasteiger partial charge on any atom is -0.383 e. The molecule has 0 unspecified atom stereocenters. The Morgan fingerprint density at radius 2 is 2.06 bits per heavy atom. The van der Waals surface area contributed by atoms with Crippen LogP contribution in [0.4, 0.5) is 0 Å². The van der Waals surface area contributed by atoms with E-state index in [1.54, 1.807) is 7.11 Å². The Bertz CT molecular complexity index is 240. The molecule has 18 heavy (non-hydrogen) atoms. The van der Waals surface area contributed by atoms with E-state index < -0.39 is 0 Å². The molecule has 0 radical (unpaired) electrons. The van der Waals surface area contributed by atoms with E-state index in [9.17, 15) is 0 Å². The largest absolute Gasteiger partial charge is 0.383 e. The van der Waals surface area contributed by atoms with E-state index in [0.29, 0.717) is 12.6 Å². The zero-order valence-corrected chi connectivity index (χ0v) is 12.9. The first kappa shape index (κ1) is 15.7. The molecule has 1 aliphatic rings. The summed E-state index contributed by atoms with van der Waals surface area (Å²) in [6.07, 6.45) is 6.50. The molecule has 0 saturated heterocycles. The zero-order chi connectivity index (χ0) is 13.4. The van der Waals surface area contributed by atoms with Crippen LogP contribution in [0.5, 0.6) is 0 Å². The SMILES string of the molecule is COCCNC(=S)N(CCC(C)C)C1CCCC1. The van der Waals surface area contributed by atoms with Crippen molar-refractivity contribution in [1.29, 1.82) is 0 Å². The molecule has 0 aromatic carbocycles. The van der Waals surface area contributed by atoms with E-state index in [4.69, 9.17) is 17.0 Å². The average Bonchev–Trinajstić information content (AvgIpc) is 2.83. The first-order chi connectivity index (χ1) is 8.65. The van der Waals surface area contributed by atoms with Crippen LogP contribution < -0.4 is 5.32 Å². The molecule has 1 aliphatic carbocycles. The Balaban J connectivity index is 2.44. The molecule has 0 heterocycles. The summed E-state index contributed by atoms with van der Waals surface area (Å²) < 4.78 is 5.06. The number of hydrogen-bond acceptors (Lipinski definition) is 2. The van der Waals surface area contributed by atoms with Gasteiger partial charge in [-0.05, 0) is 37.4 Å². The van der Waals surface area contributed by atoms with Crippen LogP contribution in [-0.2, 0) is 4.74 Å². The second-order valence-corrected chi connectivity index (χ2v) is 5.93. The number of thiocarbonyl (C=S) groups is 1. The van der Waals surface area contributed by atoms with Crippen LogP contribution in [0.15, 0.2) is 0 Å². The third-order valence-corrected chi connectivity index (χ3v) is 3.93. The number of rotatable bonds is 7. The van der Waals surface area contributed by atoms with Gasteiger partial charge in [0.05, 0.1) is 6.61 Å². The molecule has 0 spiro atoms. The maximum atomic E-state index is 5.54. The summed E-state index contributed by atoms with van der Waals surface area (Å²) in [5.74, 6) is 0.732. The predicted molar refractivity (Wildman–Crippen MR) is 80.9 cm³/mol. The lowest BCUT2D eigenvalue weighted by atomic mass is 10.1. The van der Waals surface area contributed by atoms with Crippen LogP contribution in [0.25, 0.3) is 0 Å². The van der Waals surface area contributed by atoms with Gasteiger partial charge in [0.25, 0.3) is 0 Å². The van der Waals surface area contributed by atoms with Crippen molar-refractivity contribution in [3.8, 4) is 0 Å². The summed E-state index contributed by atoms with van der Waals surface area (Å²) >= 11 is 5.54. The number of nitrogens with one attached hydrogen (secondary N) is 1. The van der Waals surface area contributed by atoms with Crippen molar-refractivity contribution in [3.63, 3.8) is 0 Å². The summed E-state index contributed by atoms with van der Waals surface area (Å²) in [6, 6.07) is 0.659. The topological polar surface area (TPSA) is 24.5 Å². The van der Waals surface area contributed by atoms with Gasteiger partial charge in [-0.3, -0.25) is 0 Å². The van der Waals surface area contributed by atoms with E-state index in [2.05, 4.69) is 24.1 Å². The van der Waals surface area contributed by atoms with Crippen LogP contribution in [0, 0.1) is 5.92 Å². The highest BCUT2D eigenvalue weighted by Crippen LogP contribution is 2.24. The quantitative estimate of drug-likeness (QED) is 0.569. The van der Waals surface area contributed by atoms with Crippen LogP contribution in [0.2, 0.25) is 0 Å². The summed E-state index contributed by atoms with van der Waals surface area (Å²) in [7, 11) is 1.72. The molecule has 0 aromatic rings. The monoisotopic (exact) mass is 272 g/mol. The van der Waals surface area contributed by atoms with E-state index >= 15 is 0 Å². The minimum absolute atomic E-state index is 0.659. The van der Waals surface area contributed by atoms with E-state index in [1.807, 2.05) is 0 Å². The molecule has 1 saturated carbocycles. The summed E-state index contributed by atoms with van der Waals surface area (Å²) in [5.41, 5.74) is 0. The lowest BCUT2D eigenvalue weighted by Gasteiger charge is -2.32. The molecule has 3 nitrogen and oxygen atoms in total. The van der Waals surface area contributed by atoms with Crippen molar-refractivity contribution in [2.24, 2.45) is 5.92 Å². The third-order valence-electron chi connectivity index (χ3n) is 3.56. The highest BCUT2D eigenvalue weighted by atomic mass is 32.1. The van der Waals surface area contributed by atoms with Gasteiger partial charge >= 0.3 is 0 Å². The molecule has 106 valence electrons. The van der Waals surface area contributed by atoms with E-state index in [1.165, 1.54) is 32.1 Å². The molecule has 0 atom stereocenters. The molecule has 1 rings (SSSR count). The molecule has 1 fully saturated rings. The standard InChI is InChI=1S/C14H28N2OS/c1-12(2)8-10-16(13-6-4-5-7-13)14(18)15-9-11-17-3/h12-13H,4-11H2,1-3H3,(H,15,18). The van der Waals surface area contributed by atoms with Gasteiger partial charge in [-0.2, -0.15) is 0 Å². The van der Waals surface area contributed by atoms with Gasteiger partial charge in [0.1, 0.15) is 0 Å². The van der Waals surface area contributed by atoms with Crippen LogP contribution in [-0.4, -0.2) is 42.9 Å². The first-order valence-electron chi connectivity index (χ1n) is 7.18. The summed E-state index contributed by atoms with van der Waals surface area (Å²) in [5, 5.41) is 4.23. The number of nitrogens with zero attached hydrogens (tertiary/aromatic N) is 1. The minimum atomic E-state index is 0.659. The predicted octanol–water partition coefficient (Wildman–Crippen LogP) is 2.80. The number of ether oxygens (including phenoxy) is 1. The Morgan fingerprint density at radius 1 is 1.39 bits per heavy atom. The van der Waals surface area contributed by atoms with Crippen molar-refractivity contribution in [1.82, 2.24) is 10.2 Å². The fraction of sp³-hybridized carbons (Fsp3) is 0.929. The van der Waals surface area contributed by atoms with Crippen LogP contribution in [0.3, 0.4) is 0 Å². The maximum absolute atomic E-state index is 5.54. The Hall–Kier alpha value is -0.350. The second-order valence-electron chi connectivity index (χ2n) is 5.54. The molecule has 0 amide bonds. The fourth-order valence-corrected chi connectivity index (χ4v) is 2.77. The van der Waals surface area contributed by atoms with Crippen molar-refractivity contribution in [3.05, 3.63) is 0 Å². The summed E-state index contributed by atoms with van der Waals surface area (Å²) in [6.45, 7) is 7.15. The summed E-state index contributed by atoms with van der Waals surface area (Å²) in [4.78, 5) is 2.41. The van der Waals surface area contributed by atoms with Crippen molar-refractivity contribution in [2.75, 3.05) is 26.8 Å². The highest BCUT2D eigenvalue weighted by molar-refractivity contribution is 7.80. The normalized spacial score (nSPS) is 16.2. The van der Waals surface area contributed by atoms with Crippen LogP contribution in [0.1, 0.15) is 46.0 Å². The highest BCUT2D eigenvalue weighted by Gasteiger charge is 2.24. The van der Waals surface area contributed by atoms with Gasteiger partial charge in [0.2, 0.25) is 0 Å². The molecular weight excluding hydrogens is 244 g/mol. The Labute approximate surface area is 117 Å². The van der Waals surface area contributed by atoms with Crippen molar-refractivity contribution >= 4 is 17.3 Å². The lowest BCUT2D eigenvalue weighted by Crippen LogP contribution is -2.46. The van der Waals surface area contributed by atoms with E-state index in [-0.39, 0.29) is 0 Å². The van der Waals surface area contributed by atoms with Crippen molar-refractivity contribution in [2.45, 2.75) is 52.0 Å². The molecule has 0 aliphatic heterocycles. The lowest BCUT2D eigenvalue weighted by molar-refractivity contribution is 0.201. The van der Waals surface area contributed by atoms with E-state index in [0.717, 1.165) is 24.1 Å². The Kier molecular flexibility index (Phi) is 7.59. The maximum Gasteiger partial charge on any atom is 0.169 e. The molecule has 1 N–H and O–H groups in total. The van der Waals surface area contributed by atoms with Crippen LogP contribution >= 0.6 is 12.2 Å². The van der Waals surface area contributed by atoms with Gasteiger partial charge in [0, 0.05) is 26.2 Å². The molecule has 4 heteroatoms. The second kappa shape index (κ2) is 8.70. The van der Waals surface area contributed by atoms with Gasteiger partial charge in [-0.1, -0.05) is 26.7 Å². The Morgan fingerprint density at radius 3 is 2.61 bits per heavy atom. The number of methoxy groups -OCH3 is 1. The molecule has 0 bridgehead atoms. The smallest absolute Gasteiger partial charge is 0.169 e. The molecule has 0 aromatic heterocycles. The van der Waals surface area contributed by atoms with Gasteiger partial charge in [-0.15, -0.1) is 0 Å². The first-order valence-corrected chi connectivity index (χ1v) is 7.59. The fourth-order valence-electron chi connectivity index (χ4n) is 2.42. The average molecular weight is 272 g/mol. The van der Waals surface area contributed by atoms with Gasteiger partial charge in [0.15, 0.2) is 5.11 Å². The van der Waals surface area contributed by atoms with Crippen molar-refractivity contribution < 1.29 is 4.74 Å². The number of hydrogen-bond donors (Lipinski definition) is 1. The third kappa shape index (κ3) is 5.53. The van der Waals surface area contributed by atoms with Gasteiger partial charge in [-0.25, -0.2) is 0 Å². The molecular formula is C14H28N2OS. The van der Waals surface area contributed by atoms with Gasteiger partial charge < -0.3 is 15.0 Å².